The monoisotopic (exact) mass is 394 g/mol. The van der Waals surface area contributed by atoms with Crippen LogP contribution in [0.5, 0.6) is 5.75 Å². The second-order valence-electron chi connectivity index (χ2n) is 7.27. The fraction of sp³-hybridized carbons (Fsp3) is 0.348. The van der Waals surface area contributed by atoms with E-state index in [4.69, 9.17) is 19.2 Å². The molecule has 0 saturated carbocycles. The van der Waals surface area contributed by atoms with Gasteiger partial charge in [0.15, 0.2) is 17.5 Å². The molecule has 4 rings (SSSR count). The number of benzene rings is 1. The number of hydrogen-bond acceptors (Lipinski definition) is 5. The van der Waals surface area contributed by atoms with Crippen LogP contribution in [0.2, 0.25) is 0 Å². The third kappa shape index (κ3) is 3.04. The number of rotatable bonds is 6. The van der Waals surface area contributed by atoms with Gasteiger partial charge in [0.25, 0.3) is 0 Å². The van der Waals surface area contributed by atoms with Crippen LogP contribution >= 0.6 is 0 Å². The van der Waals surface area contributed by atoms with E-state index >= 15 is 0 Å². The molecule has 0 radical (unpaired) electrons. The van der Waals surface area contributed by atoms with E-state index in [-0.39, 0.29) is 0 Å². The van der Waals surface area contributed by atoms with Crippen molar-refractivity contribution in [3.8, 4) is 5.75 Å². The van der Waals surface area contributed by atoms with Crippen LogP contribution in [-0.4, -0.2) is 40.9 Å². The Hall–Kier alpha value is -2.67. The maximum absolute atomic E-state index is 11.4. The number of nitrogens with zero attached hydrogens (tertiary/aromatic N) is 2. The summed E-state index contributed by atoms with van der Waals surface area (Å²) in [6.07, 6.45) is 1.96. The molecule has 3 atom stereocenters. The van der Waals surface area contributed by atoms with Gasteiger partial charge in [0.05, 0.1) is 18.9 Å². The van der Waals surface area contributed by atoms with Crippen molar-refractivity contribution in [1.82, 2.24) is 9.38 Å². The summed E-state index contributed by atoms with van der Waals surface area (Å²) in [4.78, 5) is 4.72. The van der Waals surface area contributed by atoms with Gasteiger partial charge in [-0.15, -0.1) is 0 Å². The number of aliphatic hydroxyl groups is 1. The Labute approximate surface area is 170 Å². The lowest BCUT2D eigenvalue weighted by atomic mass is 9.80. The highest BCUT2D eigenvalue weighted by Crippen LogP contribution is 2.49. The van der Waals surface area contributed by atoms with Crippen molar-refractivity contribution in [2.45, 2.75) is 31.7 Å². The molecule has 2 aromatic heterocycles. The van der Waals surface area contributed by atoms with E-state index in [1.165, 1.54) is 0 Å². The van der Waals surface area contributed by atoms with Crippen LogP contribution in [0.4, 0.5) is 0 Å². The Bertz CT molecular complexity index is 1030. The van der Waals surface area contributed by atoms with Crippen LogP contribution in [0.3, 0.4) is 0 Å². The standard InChI is InChI=1S/C23H26N2O4/c1-5-23(28-14-13-27-4)18-11-12-25-16(3)15(2)24-22(25)20(18)29-19(21(23)26)17-9-7-6-8-10-17/h5-12,19,21,26H,1,13-14H2,2-4H3/t19-,21-,23+/m1/s1. The number of ether oxygens (including phenoxy) is 3. The molecule has 3 aromatic rings. The van der Waals surface area contributed by atoms with Crippen molar-refractivity contribution in [2.24, 2.45) is 0 Å². The second-order valence-corrected chi connectivity index (χ2v) is 7.27. The van der Waals surface area contributed by atoms with Gasteiger partial charge in [-0.3, -0.25) is 0 Å². The predicted molar refractivity (Wildman–Crippen MR) is 110 cm³/mol. The van der Waals surface area contributed by atoms with Gasteiger partial charge < -0.3 is 23.7 Å². The quantitative estimate of drug-likeness (QED) is 0.512. The molecule has 0 bridgehead atoms. The van der Waals surface area contributed by atoms with Gasteiger partial charge in [-0.1, -0.05) is 43.0 Å². The first-order valence-electron chi connectivity index (χ1n) is 9.68. The molecule has 0 aliphatic carbocycles. The molecular formula is C23H26N2O4. The molecule has 6 nitrogen and oxygen atoms in total. The summed E-state index contributed by atoms with van der Waals surface area (Å²) in [6, 6.07) is 11.6. The Kier molecular flexibility index (Phi) is 5.17. The lowest BCUT2D eigenvalue weighted by molar-refractivity contribution is -0.154. The summed E-state index contributed by atoms with van der Waals surface area (Å²) in [5, 5.41) is 11.4. The van der Waals surface area contributed by atoms with Gasteiger partial charge in [-0.2, -0.15) is 0 Å². The molecule has 1 N–H and O–H groups in total. The summed E-state index contributed by atoms with van der Waals surface area (Å²) < 4.78 is 19.8. The van der Waals surface area contributed by atoms with Gasteiger partial charge in [0.2, 0.25) is 0 Å². The van der Waals surface area contributed by atoms with Gasteiger partial charge in [0.1, 0.15) is 11.7 Å². The molecule has 0 unspecified atom stereocenters. The van der Waals surface area contributed by atoms with E-state index in [1.54, 1.807) is 13.2 Å². The highest BCUT2D eigenvalue weighted by Gasteiger charge is 2.50. The second kappa shape index (κ2) is 7.63. The average Bonchev–Trinajstić information content (AvgIpc) is 3.04. The van der Waals surface area contributed by atoms with Crippen LogP contribution < -0.4 is 4.74 Å². The zero-order valence-corrected chi connectivity index (χ0v) is 17.0. The number of aromatic nitrogens is 2. The van der Waals surface area contributed by atoms with Crippen LogP contribution in [0.15, 0.2) is 55.3 Å². The predicted octanol–water partition coefficient (Wildman–Crippen LogP) is 3.49. The summed E-state index contributed by atoms with van der Waals surface area (Å²) in [6.45, 7) is 8.70. The smallest absolute Gasteiger partial charge is 0.180 e. The number of methoxy groups -OCH3 is 1. The summed E-state index contributed by atoms with van der Waals surface area (Å²) in [5.74, 6) is 0.597. The Morgan fingerprint density at radius 2 is 2.00 bits per heavy atom. The van der Waals surface area contributed by atoms with Crippen molar-refractivity contribution in [3.05, 3.63) is 77.8 Å². The van der Waals surface area contributed by atoms with Crippen LogP contribution in [0.25, 0.3) is 5.65 Å². The molecule has 0 spiro atoms. The SMILES string of the molecule is C=C[C@]1(OCCOC)c2ccn3c(C)c(C)nc3c2O[C@H](c2ccccc2)[C@H]1O. The normalized spacial score (nSPS) is 23.6. The molecule has 152 valence electrons. The zero-order valence-electron chi connectivity index (χ0n) is 17.0. The average molecular weight is 394 g/mol. The van der Waals surface area contributed by atoms with Crippen molar-refractivity contribution in [2.75, 3.05) is 20.3 Å². The molecule has 0 amide bonds. The maximum atomic E-state index is 11.4. The van der Waals surface area contributed by atoms with E-state index in [0.29, 0.717) is 30.2 Å². The topological polar surface area (TPSA) is 65.2 Å². The third-order valence-corrected chi connectivity index (χ3v) is 5.68. The van der Waals surface area contributed by atoms with Crippen LogP contribution in [0, 0.1) is 13.8 Å². The number of aryl methyl sites for hydroxylation is 2. The molecule has 1 aliphatic heterocycles. The Morgan fingerprint density at radius 3 is 2.69 bits per heavy atom. The highest BCUT2D eigenvalue weighted by atomic mass is 16.6. The van der Waals surface area contributed by atoms with Crippen LogP contribution in [0.1, 0.15) is 28.6 Å². The highest BCUT2D eigenvalue weighted by molar-refractivity contribution is 5.64. The number of hydrogen-bond donors (Lipinski definition) is 1. The van der Waals surface area contributed by atoms with E-state index in [9.17, 15) is 5.11 Å². The zero-order chi connectivity index (χ0) is 20.6. The molecular weight excluding hydrogens is 368 g/mol. The van der Waals surface area contributed by atoms with Crippen molar-refractivity contribution < 1.29 is 19.3 Å². The molecule has 1 aromatic carbocycles. The van der Waals surface area contributed by atoms with Gasteiger partial charge >= 0.3 is 0 Å². The van der Waals surface area contributed by atoms with E-state index in [0.717, 1.165) is 17.0 Å². The van der Waals surface area contributed by atoms with Crippen LogP contribution in [-0.2, 0) is 15.1 Å². The van der Waals surface area contributed by atoms with E-state index < -0.39 is 17.8 Å². The fourth-order valence-corrected chi connectivity index (χ4v) is 3.95. The molecule has 0 saturated heterocycles. The Balaban J connectivity index is 1.94. The van der Waals surface area contributed by atoms with Gasteiger partial charge in [-0.25, -0.2) is 4.98 Å². The first-order valence-corrected chi connectivity index (χ1v) is 9.68. The first-order chi connectivity index (χ1) is 14.0. The number of imidazole rings is 1. The Morgan fingerprint density at radius 1 is 1.24 bits per heavy atom. The number of pyridine rings is 1. The summed E-state index contributed by atoms with van der Waals surface area (Å²) in [7, 11) is 1.62. The lowest BCUT2D eigenvalue weighted by Crippen LogP contribution is -2.49. The lowest BCUT2D eigenvalue weighted by Gasteiger charge is -2.44. The van der Waals surface area contributed by atoms with E-state index in [1.807, 2.05) is 60.8 Å². The van der Waals surface area contributed by atoms with Crippen molar-refractivity contribution >= 4 is 5.65 Å². The van der Waals surface area contributed by atoms with Crippen molar-refractivity contribution in [1.29, 1.82) is 0 Å². The fourth-order valence-electron chi connectivity index (χ4n) is 3.95. The maximum Gasteiger partial charge on any atom is 0.180 e. The minimum atomic E-state index is -1.15. The largest absolute Gasteiger partial charge is 0.479 e. The third-order valence-electron chi connectivity index (χ3n) is 5.68. The van der Waals surface area contributed by atoms with Crippen molar-refractivity contribution in [3.63, 3.8) is 0 Å². The molecule has 6 heteroatoms. The molecule has 0 fully saturated rings. The van der Waals surface area contributed by atoms with Gasteiger partial charge in [0, 0.05) is 24.6 Å². The van der Waals surface area contributed by atoms with E-state index in [2.05, 4.69) is 6.58 Å². The summed E-state index contributed by atoms with van der Waals surface area (Å²) >= 11 is 0. The summed E-state index contributed by atoms with van der Waals surface area (Å²) in [5.41, 5.74) is 3.08. The number of fused-ring (bicyclic) bond motifs is 3. The first kappa shape index (κ1) is 19.6. The molecule has 29 heavy (non-hydrogen) atoms. The number of aliphatic hydroxyl groups excluding tert-OH is 1. The van der Waals surface area contributed by atoms with Gasteiger partial charge in [-0.05, 0) is 25.5 Å². The minimum Gasteiger partial charge on any atom is -0.479 e. The molecule has 3 heterocycles. The minimum absolute atomic E-state index is 0.304. The molecule has 1 aliphatic rings.